The number of hydrogen-bond acceptors (Lipinski definition) is 5. The third-order valence-electron chi connectivity index (χ3n) is 2.04. The summed E-state index contributed by atoms with van der Waals surface area (Å²) in [5.74, 6) is -0.875. The summed E-state index contributed by atoms with van der Waals surface area (Å²) in [6, 6.07) is 4.70. The lowest BCUT2D eigenvalue weighted by molar-refractivity contribution is 0.0987. The first-order valence-electron chi connectivity index (χ1n) is 5.10. The number of rotatable bonds is 4. The van der Waals surface area contributed by atoms with Gasteiger partial charge >= 0.3 is 0 Å². The van der Waals surface area contributed by atoms with Crippen LogP contribution in [0.3, 0.4) is 0 Å². The molecule has 0 aliphatic carbocycles. The lowest BCUT2D eigenvalue weighted by atomic mass is 10.3. The normalized spacial score (nSPS) is 9.90. The second-order valence-corrected chi connectivity index (χ2v) is 4.21. The average Bonchev–Trinajstić information content (AvgIpc) is 2.87. The Hall–Kier alpha value is -2.28. The molecular weight excluding hydrogens is 309 g/mol. The number of amides is 1. The first-order chi connectivity index (χ1) is 9.60. The maximum Gasteiger partial charge on any atom is 0.289 e. The van der Waals surface area contributed by atoms with Gasteiger partial charge in [0.2, 0.25) is 5.82 Å². The summed E-state index contributed by atoms with van der Waals surface area (Å²) in [6.07, 6.45) is 0. The Morgan fingerprint density at radius 3 is 3.00 bits per heavy atom. The zero-order valence-corrected chi connectivity index (χ0v) is 11.2. The molecule has 20 heavy (non-hydrogen) atoms. The van der Waals surface area contributed by atoms with E-state index in [0.717, 1.165) is 0 Å². The number of ether oxygens (including phenoxy) is 1. The average molecular weight is 314 g/mol. The lowest BCUT2D eigenvalue weighted by Gasteiger charge is -2.05. The second-order valence-electron chi connectivity index (χ2n) is 3.37. The molecule has 0 aliphatic rings. The van der Waals surface area contributed by atoms with Crippen LogP contribution < -0.4 is 4.74 Å². The van der Waals surface area contributed by atoms with Crippen LogP contribution in [0.5, 0.6) is 5.75 Å². The molecule has 102 valence electrons. The van der Waals surface area contributed by atoms with Gasteiger partial charge in [-0.15, -0.1) is 0 Å². The molecule has 0 radical (unpaired) electrons. The molecule has 0 unspecified atom stereocenters. The fourth-order valence-corrected chi connectivity index (χ4v) is 1.68. The zero-order valence-electron chi connectivity index (χ0n) is 9.66. The van der Waals surface area contributed by atoms with Crippen molar-refractivity contribution in [1.29, 1.82) is 0 Å². The Labute approximate surface area is 121 Å². The Kier molecular flexibility index (Phi) is 4.41. The topological polar surface area (TPSA) is 114 Å². The summed E-state index contributed by atoms with van der Waals surface area (Å²) in [5, 5.41) is 6.98. The van der Waals surface area contributed by atoms with Crippen LogP contribution in [0, 0.1) is 0 Å². The fourth-order valence-electron chi connectivity index (χ4n) is 1.22. The summed E-state index contributed by atoms with van der Waals surface area (Å²) in [7, 11) is 0. The van der Waals surface area contributed by atoms with Gasteiger partial charge in [-0.3, -0.25) is 4.79 Å². The van der Waals surface area contributed by atoms with E-state index in [1.165, 1.54) is 6.07 Å². The molecule has 2 rings (SSSR count). The van der Waals surface area contributed by atoms with Gasteiger partial charge < -0.3 is 9.26 Å². The van der Waals surface area contributed by atoms with Crippen molar-refractivity contribution in [3.05, 3.63) is 50.4 Å². The molecule has 0 bridgehead atoms. The van der Waals surface area contributed by atoms with Gasteiger partial charge in [-0.25, -0.2) is 0 Å². The molecular formula is C10H5Cl2N5O3. The van der Waals surface area contributed by atoms with Gasteiger partial charge in [0.25, 0.3) is 11.8 Å². The molecule has 8 nitrogen and oxygen atoms in total. The van der Waals surface area contributed by atoms with Gasteiger partial charge in [0.1, 0.15) is 5.75 Å². The third-order valence-corrected chi connectivity index (χ3v) is 2.57. The Balaban J connectivity index is 2.04. The first-order valence-corrected chi connectivity index (χ1v) is 5.85. The number of carbonyl (C=O) groups excluding carboxylic acids is 1. The van der Waals surface area contributed by atoms with E-state index >= 15 is 0 Å². The quantitative estimate of drug-likeness (QED) is 0.487. The molecule has 1 heterocycles. The highest BCUT2D eigenvalue weighted by molar-refractivity contribution is 6.35. The lowest BCUT2D eigenvalue weighted by Crippen LogP contribution is -1.99. The minimum Gasteiger partial charge on any atom is -0.482 e. The number of aromatic nitrogens is 2. The van der Waals surface area contributed by atoms with Gasteiger partial charge in [-0.05, 0) is 28.8 Å². The second kappa shape index (κ2) is 6.25. The number of halogens is 2. The minimum absolute atomic E-state index is 0.0347. The zero-order chi connectivity index (χ0) is 14.5. The van der Waals surface area contributed by atoms with Gasteiger partial charge in [-0.2, -0.15) is 4.98 Å². The molecule has 0 saturated heterocycles. The molecule has 10 heteroatoms. The van der Waals surface area contributed by atoms with E-state index in [4.69, 9.17) is 38.0 Å². The van der Waals surface area contributed by atoms with E-state index < -0.39 is 5.91 Å². The van der Waals surface area contributed by atoms with E-state index in [9.17, 15) is 4.79 Å². The minimum atomic E-state index is -0.938. The fraction of sp³-hybridized carbons (Fsp3) is 0.100. The van der Waals surface area contributed by atoms with Crippen LogP contribution in [-0.2, 0) is 6.61 Å². The van der Waals surface area contributed by atoms with Crippen molar-refractivity contribution in [3.63, 3.8) is 0 Å². The predicted octanol–water partition coefficient (Wildman–Crippen LogP) is 3.41. The monoisotopic (exact) mass is 313 g/mol. The molecule has 0 aliphatic heterocycles. The van der Waals surface area contributed by atoms with Crippen molar-refractivity contribution in [2.45, 2.75) is 6.61 Å². The Morgan fingerprint density at radius 1 is 1.50 bits per heavy atom. The first kappa shape index (κ1) is 14.1. The summed E-state index contributed by atoms with van der Waals surface area (Å²) in [6.45, 7) is -0.0993. The molecule has 0 spiro atoms. The molecule has 1 aromatic heterocycles. The molecule has 1 aromatic carbocycles. The van der Waals surface area contributed by atoms with Crippen LogP contribution in [0.2, 0.25) is 10.0 Å². The highest BCUT2D eigenvalue weighted by Gasteiger charge is 2.13. The van der Waals surface area contributed by atoms with Crippen molar-refractivity contribution in [3.8, 4) is 5.75 Å². The highest BCUT2D eigenvalue weighted by Crippen LogP contribution is 2.27. The SMILES string of the molecule is [N-]=[N+]=NC(=O)c1noc(COc2ccc(Cl)cc2Cl)n1. The van der Waals surface area contributed by atoms with E-state index in [-0.39, 0.29) is 18.3 Å². The van der Waals surface area contributed by atoms with Crippen molar-refractivity contribution < 1.29 is 14.1 Å². The molecule has 1 amide bonds. The smallest absolute Gasteiger partial charge is 0.289 e. The van der Waals surface area contributed by atoms with Crippen LogP contribution in [-0.4, -0.2) is 16.0 Å². The van der Waals surface area contributed by atoms with Crippen LogP contribution in [0.4, 0.5) is 0 Å². The molecule has 2 aromatic rings. The summed E-state index contributed by atoms with van der Waals surface area (Å²) in [4.78, 5) is 17.2. The van der Waals surface area contributed by atoms with Crippen LogP contribution in [0.25, 0.3) is 10.4 Å². The summed E-state index contributed by atoms with van der Waals surface area (Å²) < 4.78 is 10.1. The number of azide groups is 1. The van der Waals surface area contributed by atoms with Crippen molar-refractivity contribution in [2.75, 3.05) is 0 Å². The Bertz CT molecular complexity index is 696. The van der Waals surface area contributed by atoms with Crippen LogP contribution in [0.15, 0.2) is 27.8 Å². The van der Waals surface area contributed by atoms with Crippen molar-refractivity contribution in [2.24, 2.45) is 5.11 Å². The van der Waals surface area contributed by atoms with E-state index in [0.29, 0.717) is 15.8 Å². The molecule has 0 N–H and O–H groups in total. The van der Waals surface area contributed by atoms with Gasteiger partial charge in [0, 0.05) is 9.93 Å². The third kappa shape index (κ3) is 3.39. The predicted molar refractivity (Wildman–Crippen MR) is 68.6 cm³/mol. The highest BCUT2D eigenvalue weighted by atomic mass is 35.5. The molecule has 0 saturated carbocycles. The van der Waals surface area contributed by atoms with E-state index in [1.807, 2.05) is 0 Å². The summed E-state index contributed by atoms with van der Waals surface area (Å²) in [5.41, 5.74) is 8.11. The van der Waals surface area contributed by atoms with Crippen molar-refractivity contribution >= 4 is 29.1 Å². The Morgan fingerprint density at radius 2 is 2.30 bits per heavy atom. The van der Waals surface area contributed by atoms with E-state index in [2.05, 4.69) is 20.2 Å². The number of nitrogens with zero attached hydrogens (tertiary/aromatic N) is 5. The van der Waals surface area contributed by atoms with Crippen LogP contribution in [0.1, 0.15) is 16.5 Å². The molecule has 0 fully saturated rings. The number of carbonyl (C=O) groups is 1. The maximum atomic E-state index is 11.1. The standard InChI is InChI=1S/C10H5Cl2N5O3/c11-5-1-2-7(6(12)3-5)19-4-8-14-9(16-20-8)10(18)15-17-13/h1-3H,4H2. The van der Waals surface area contributed by atoms with Gasteiger partial charge in [0.15, 0.2) is 6.61 Å². The summed E-state index contributed by atoms with van der Waals surface area (Å²) >= 11 is 11.7. The van der Waals surface area contributed by atoms with E-state index in [1.54, 1.807) is 12.1 Å². The number of benzene rings is 1. The molecule has 0 atom stereocenters. The van der Waals surface area contributed by atoms with Gasteiger partial charge in [0.05, 0.1) is 5.02 Å². The number of hydrogen-bond donors (Lipinski definition) is 0. The largest absolute Gasteiger partial charge is 0.482 e. The maximum absolute atomic E-state index is 11.1. The van der Waals surface area contributed by atoms with Crippen LogP contribution >= 0.6 is 23.2 Å². The van der Waals surface area contributed by atoms with Gasteiger partial charge in [-0.1, -0.05) is 28.4 Å². The van der Waals surface area contributed by atoms with Crippen molar-refractivity contribution in [1.82, 2.24) is 10.1 Å².